The number of nitrogens with two attached hydrogens (primary N) is 1. The van der Waals surface area contributed by atoms with Gasteiger partial charge >= 0.3 is 12.2 Å². The predicted molar refractivity (Wildman–Crippen MR) is 79.7 cm³/mol. The first-order valence-electron chi connectivity index (χ1n) is 7.16. The zero-order valence-corrected chi connectivity index (χ0v) is 13.2. The highest BCUT2D eigenvalue weighted by Crippen LogP contribution is 2.37. The molecule has 1 saturated heterocycles. The summed E-state index contributed by atoms with van der Waals surface area (Å²) in [4.78, 5) is 29.4. The van der Waals surface area contributed by atoms with Crippen molar-refractivity contribution in [3.05, 3.63) is 24.0 Å². The fourth-order valence-electron chi connectivity index (χ4n) is 2.54. The molecule has 1 aromatic rings. The van der Waals surface area contributed by atoms with E-state index in [1.807, 2.05) is 0 Å². The summed E-state index contributed by atoms with van der Waals surface area (Å²) in [6.45, 7) is 0.172. The smallest absolute Gasteiger partial charge is 0.397 e. The number of anilines is 1. The normalized spacial score (nSPS) is 16.3. The molecule has 1 fully saturated rings. The van der Waals surface area contributed by atoms with Gasteiger partial charge in [0, 0.05) is 27.2 Å². The minimum Gasteiger partial charge on any atom is -0.397 e. The summed E-state index contributed by atoms with van der Waals surface area (Å²) in [6, 6.07) is -0.0841. The Morgan fingerprint density at radius 3 is 2.50 bits per heavy atom. The van der Waals surface area contributed by atoms with E-state index in [9.17, 15) is 22.8 Å². The van der Waals surface area contributed by atoms with E-state index >= 15 is 0 Å². The van der Waals surface area contributed by atoms with E-state index in [2.05, 4.69) is 10.3 Å². The molecule has 24 heavy (non-hydrogen) atoms. The van der Waals surface area contributed by atoms with Gasteiger partial charge in [-0.3, -0.25) is 9.78 Å². The first-order valence-corrected chi connectivity index (χ1v) is 7.16. The van der Waals surface area contributed by atoms with Crippen LogP contribution in [0, 0.1) is 5.92 Å². The largest absolute Gasteiger partial charge is 0.414 e. The summed E-state index contributed by atoms with van der Waals surface area (Å²) in [6.07, 6.45) is -3.57. The number of aromatic nitrogens is 1. The maximum absolute atomic E-state index is 13.4. The van der Waals surface area contributed by atoms with Crippen LogP contribution in [0.5, 0.6) is 0 Å². The van der Waals surface area contributed by atoms with Crippen molar-refractivity contribution in [1.82, 2.24) is 20.1 Å². The molecule has 1 atom stereocenters. The second-order valence-corrected chi connectivity index (χ2v) is 5.57. The first-order chi connectivity index (χ1) is 11.1. The van der Waals surface area contributed by atoms with Crippen molar-refractivity contribution in [3.8, 4) is 0 Å². The van der Waals surface area contributed by atoms with E-state index in [0.29, 0.717) is 4.90 Å². The summed E-state index contributed by atoms with van der Waals surface area (Å²) in [5.74, 6) is -1.35. The van der Waals surface area contributed by atoms with Gasteiger partial charge in [-0.2, -0.15) is 13.2 Å². The highest BCUT2D eigenvalue weighted by molar-refractivity contribution is 5.84. The van der Waals surface area contributed by atoms with Crippen LogP contribution in [-0.2, 0) is 4.79 Å². The molecule has 132 valence electrons. The molecule has 7 nitrogen and oxygen atoms in total. The van der Waals surface area contributed by atoms with Crippen molar-refractivity contribution in [1.29, 1.82) is 0 Å². The van der Waals surface area contributed by atoms with Crippen LogP contribution < -0.4 is 11.1 Å². The zero-order valence-electron chi connectivity index (χ0n) is 13.2. The van der Waals surface area contributed by atoms with E-state index in [1.54, 1.807) is 0 Å². The maximum Gasteiger partial charge on any atom is 0.414 e. The molecule has 0 bridgehead atoms. The first kappa shape index (κ1) is 17.8. The number of halogens is 3. The van der Waals surface area contributed by atoms with E-state index in [-0.39, 0.29) is 30.5 Å². The number of likely N-dealkylation sites (tertiary alicyclic amines) is 1. The lowest BCUT2D eigenvalue weighted by molar-refractivity contribution is -0.192. The van der Waals surface area contributed by atoms with E-state index < -0.39 is 24.0 Å². The van der Waals surface area contributed by atoms with E-state index in [1.165, 1.54) is 18.0 Å². The molecule has 0 aliphatic carbocycles. The molecule has 10 heteroatoms. The van der Waals surface area contributed by atoms with Gasteiger partial charge < -0.3 is 20.9 Å². The van der Waals surface area contributed by atoms with Crippen molar-refractivity contribution >= 4 is 17.6 Å². The molecule has 2 rings (SSSR count). The molecule has 0 aromatic carbocycles. The van der Waals surface area contributed by atoms with Crippen molar-refractivity contribution in [2.75, 3.05) is 32.9 Å². The molecule has 1 aliphatic rings. The quantitative estimate of drug-likeness (QED) is 0.855. The number of nitrogen functional groups attached to an aromatic ring is 1. The Bertz CT molecular complexity index is 614. The summed E-state index contributed by atoms with van der Waals surface area (Å²) in [5, 5.41) is 2.39. The van der Waals surface area contributed by atoms with Crippen LogP contribution in [0.25, 0.3) is 0 Å². The summed E-state index contributed by atoms with van der Waals surface area (Å²) in [7, 11) is 2.52. The number of rotatable bonds is 3. The van der Waals surface area contributed by atoms with Gasteiger partial charge in [-0.05, 0) is 12.1 Å². The fourth-order valence-corrected chi connectivity index (χ4v) is 2.54. The van der Waals surface area contributed by atoms with Crippen LogP contribution in [-0.4, -0.2) is 60.1 Å². The number of alkyl halides is 3. The molecule has 1 aliphatic heterocycles. The number of hydrogen-bond acceptors (Lipinski definition) is 4. The lowest BCUT2D eigenvalue weighted by Gasteiger charge is -2.41. The minimum absolute atomic E-state index is 0.0859. The molecular formula is C14H18F3N5O2. The third-order valence-corrected chi connectivity index (χ3v) is 3.87. The number of carbonyl (C=O) groups is 2. The van der Waals surface area contributed by atoms with Crippen LogP contribution in [0.2, 0.25) is 0 Å². The fraction of sp³-hybridized carbons (Fsp3) is 0.500. The van der Waals surface area contributed by atoms with Crippen LogP contribution in [0.1, 0.15) is 11.7 Å². The van der Waals surface area contributed by atoms with Crippen LogP contribution in [0.4, 0.5) is 23.7 Å². The molecule has 0 saturated carbocycles. The van der Waals surface area contributed by atoms with Gasteiger partial charge in [0.1, 0.15) is 0 Å². The molecule has 0 radical (unpaired) electrons. The van der Waals surface area contributed by atoms with Gasteiger partial charge in [-0.25, -0.2) is 4.79 Å². The highest BCUT2D eigenvalue weighted by Gasteiger charge is 2.48. The van der Waals surface area contributed by atoms with Crippen molar-refractivity contribution in [2.45, 2.75) is 12.2 Å². The summed E-state index contributed by atoms with van der Waals surface area (Å²) >= 11 is 0. The number of nitrogens with zero attached hydrogens (tertiary/aromatic N) is 3. The average Bonchev–Trinajstić information content (AvgIpc) is 2.46. The average molecular weight is 345 g/mol. The Kier molecular flexibility index (Phi) is 4.86. The number of urea groups is 1. The van der Waals surface area contributed by atoms with Gasteiger partial charge in [-0.1, -0.05) is 0 Å². The van der Waals surface area contributed by atoms with Crippen molar-refractivity contribution < 1.29 is 22.8 Å². The standard InChI is InChI=1S/C14H18F3N5O2/c1-19-13(24)22-6-8(7-22)12(23)21(2)11(14(15,16)17)10-4-3-9(18)5-20-10/h3-5,8,11H,6-7,18H2,1-2H3,(H,19,24)/t11-/m0/s1. The molecule has 3 N–H and O–H groups in total. The van der Waals surface area contributed by atoms with Gasteiger partial charge in [0.15, 0.2) is 6.04 Å². The Hall–Kier alpha value is -2.52. The molecule has 3 amide bonds. The molecule has 0 unspecified atom stereocenters. The van der Waals surface area contributed by atoms with Gasteiger partial charge in [0.2, 0.25) is 5.91 Å². The van der Waals surface area contributed by atoms with Gasteiger partial charge in [-0.15, -0.1) is 0 Å². The SMILES string of the molecule is CNC(=O)N1CC(C(=O)N(C)[C@@H](c2ccc(N)cn2)C(F)(F)F)C1. The van der Waals surface area contributed by atoms with Crippen molar-refractivity contribution in [2.24, 2.45) is 5.92 Å². The van der Waals surface area contributed by atoms with E-state index in [0.717, 1.165) is 19.3 Å². The Balaban J connectivity index is 2.14. The molecule has 1 aromatic heterocycles. The van der Waals surface area contributed by atoms with Crippen LogP contribution >= 0.6 is 0 Å². The number of carbonyl (C=O) groups excluding carboxylic acids is 2. The van der Waals surface area contributed by atoms with Crippen LogP contribution in [0.15, 0.2) is 18.3 Å². The highest BCUT2D eigenvalue weighted by atomic mass is 19.4. The third kappa shape index (κ3) is 3.52. The summed E-state index contributed by atoms with van der Waals surface area (Å²) in [5.41, 5.74) is 5.36. The zero-order chi connectivity index (χ0) is 18.1. The Morgan fingerprint density at radius 2 is 2.04 bits per heavy atom. The maximum atomic E-state index is 13.4. The van der Waals surface area contributed by atoms with Gasteiger partial charge in [0.25, 0.3) is 0 Å². The monoisotopic (exact) mass is 345 g/mol. The van der Waals surface area contributed by atoms with Gasteiger partial charge in [0.05, 0.1) is 23.5 Å². The topological polar surface area (TPSA) is 91.6 Å². The third-order valence-electron chi connectivity index (χ3n) is 3.87. The molecular weight excluding hydrogens is 327 g/mol. The Labute approximate surface area is 136 Å². The summed E-state index contributed by atoms with van der Waals surface area (Å²) < 4.78 is 40.3. The second-order valence-electron chi connectivity index (χ2n) is 5.57. The number of hydrogen-bond donors (Lipinski definition) is 2. The number of amides is 3. The molecule has 2 heterocycles. The number of nitrogens with one attached hydrogen (secondary N) is 1. The lowest BCUT2D eigenvalue weighted by atomic mass is 9.97. The lowest BCUT2D eigenvalue weighted by Crippen LogP contribution is -2.58. The van der Waals surface area contributed by atoms with Crippen molar-refractivity contribution in [3.63, 3.8) is 0 Å². The minimum atomic E-state index is -4.68. The predicted octanol–water partition coefficient (Wildman–Crippen LogP) is 0.997. The second kappa shape index (κ2) is 6.54. The Morgan fingerprint density at radius 1 is 1.42 bits per heavy atom. The number of pyridine rings is 1. The molecule has 0 spiro atoms. The van der Waals surface area contributed by atoms with E-state index in [4.69, 9.17) is 5.73 Å². The van der Waals surface area contributed by atoms with Crippen LogP contribution in [0.3, 0.4) is 0 Å².